The molecule has 0 aliphatic heterocycles. The van der Waals surface area contributed by atoms with Crippen LogP contribution in [-0.4, -0.2) is 43.3 Å². The van der Waals surface area contributed by atoms with Gasteiger partial charge in [-0.05, 0) is 81.6 Å². The molecule has 0 spiro atoms. The molecule has 7 nitrogen and oxygen atoms in total. The van der Waals surface area contributed by atoms with Gasteiger partial charge in [-0.3, -0.25) is 13.9 Å². The van der Waals surface area contributed by atoms with E-state index in [1.165, 1.54) is 17.0 Å². The Morgan fingerprint density at radius 1 is 0.804 bits per heavy atom. The molecule has 1 atom stereocenters. The Kier molecular flexibility index (Phi) is 11.2. The number of carbonyl (C=O) groups excluding carboxylic acids is 2. The summed E-state index contributed by atoms with van der Waals surface area (Å²) in [5, 5.41) is 3.68. The molecule has 0 radical (unpaired) electrons. The van der Waals surface area contributed by atoms with Gasteiger partial charge in [0.1, 0.15) is 12.6 Å². The number of halogens is 2. The number of aryl methyl sites for hydroxylation is 2. The molecular weight excluding hydrogens is 641 g/mol. The maximum Gasteiger partial charge on any atom is 0.264 e. The number of anilines is 1. The van der Waals surface area contributed by atoms with E-state index in [1.807, 2.05) is 77.1 Å². The van der Waals surface area contributed by atoms with Crippen LogP contribution in [0.4, 0.5) is 5.69 Å². The van der Waals surface area contributed by atoms with Crippen molar-refractivity contribution in [1.29, 1.82) is 0 Å². The molecule has 2 amide bonds. The highest BCUT2D eigenvalue weighted by Gasteiger charge is 2.36. The summed E-state index contributed by atoms with van der Waals surface area (Å²) in [6, 6.07) is 26.8. The fourth-order valence-corrected chi connectivity index (χ4v) is 6.98. The molecule has 0 fully saturated rings. The zero-order valence-corrected chi connectivity index (χ0v) is 29.0. The Morgan fingerprint density at radius 3 is 2.02 bits per heavy atom. The van der Waals surface area contributed by atoms with Gasteiger partial charge in [0.15, 0.2) is 0 Å². The predicted molar refractivity (Wildman–Crippen MR) is 186 cm³/mol. The largest absolute Gasteiger partial charge is 0.350 e. The van der Waals surface area contributed by atoms with Crippen molar-refractivity contribution in [2.24, 2.45) is 0 Å². The number of rotatable bonds is 11. The summed E-state index contributed by atoms with van der Waals surface area (Å²) in [4.78, 5) is 30.1. The average Bonchev–Trinajstić information content (AvgIpc) is 2.99. The van der Waals surface area contributed by atoms with E-state index in [9.17, 15) is 18.0 Å². The molecule has 4 rings (SSSR count). The standard InChI is InChI=1S/C36H39Cl2N3O4S/c1-25-16-19-32(26(2)20-25)41(46(44,45)29-14-10-7-11-15-29)24-34(42)40(23-28-17-18-30(37)31(38)21-28)33(35(43)39-36(3,4)5)22-27-12-8-6-9-13-27/h6-21,33H,22-24H2,1-5H3,(H,39,43). The SMILES string of the molecule is Cc1ccc(N(CC(=O)N(Cc2ccc(Cl)c(Cl)c2)C(Cc2ccccc2)C(=O)NC(C)(C)C)S(=O)(=O)c2ccccc2)c(C)c1. The third-order valence-corrected chi connectivity index (χ3v) is 9.85. The minimum Gasteiger partial charge on any atom is -0.350 e. The Morgan fingerprint density at radius 2 is 1.43 bits per heavy atom. The van der Waals surface area contributed by atoms with Crippen molar-refractivity contribution >= 4 is 50.7 Å². The van der Waals surface area contributed by atoms with Crippen molar-refractivity contribution in [3.05, 3.63) is 129 Å². The van der Waals surface area contributed by atoms with Gasteiger partial charge in [0.25, 0.3) is 10.0 Å². The summed E-state index contributed by atoms with van der Waals surface area (Å²) in [6.07, 6.45) is 0.199. The average molecular weight is 681 g/mol. The third kappa shape index (κ3) is 8.90. The van der Waals surface area contributed by atoms with Gasteiger partial charge in [0.05, 0.1) is 20.6 Å². The molecule has 0 aliphatic carbocycles. The number of sulfonamides is 1. The van der Waals surface area contributed by atoms with E-state index in [1.54, 1.807) is 42.5 Å². The third-order valence-electron chi connectivity index (χ3n) is 7.34. The van der Waals surface area contributed by atoms with E-state index in [2.05, 4.69) is 5.32 Å². The van der Waals surface area contributed by atoms with Crippen molar-refractivity contribution in [3.8, 4) is 0 Å². The second kappa shape index (κ2) is 14.7. The number of nitrogens with zero attached hydrogens (tertiary/aromatic N) is 2. The van der Waals surface area contributed by atoms with Crippen molar-refractivity contribution in [3.63, 3.8) is 0 Å². The van der Waals surface area contributed by atoms with Gasteiger partial charge >= 0.3 is 0 Å². The van der Waals surface area contributed by atoms with E-state index in [4.69, 9.17) is 23.2 Å². The molecule has 0 bridgehead atoms. The summed E-state index contributed by atoms with van der Waals surface area (Å²) in [7, 11) is -4.19. The van der Waals surface area contributed by atoms with E-state index >= 15 is 0 Å². The lowest BCUT2D eigenvalue weighted by atomic mass is 10.0. The predicted octanol–water partition coefficient (Wildman–Crippen LogP) is 7.36. The molecule has 4 aromatic carbocycles. The van der Waals surface area contributed by atoms with Crippen LogP contribution in [-0.2, 0) is 32.6 Å². The van der Waals surface area contributed by atoms with Crippen molar-refractivity contribution < 1.29 is 18.0 Å². The van der Waals surface area contributed by atoms with E-state index < -0.39 is 34.1 Å². The first-order valence-corrected chi connectivity index (χ1v) is 17.1. The van der Waals surface area contributed by atoms with Gasteiger partial charge in [-0.1, -0.05) is 95.5 Å². The molecule has 1 N–H and O–H groups in total. The lowest BCUT2D eigenvalue weighted by Gasteiger charge is -2.35. The van der Waals surface area contributed by atoms with Gasteiger partial charge in [-0.15, -0.1) is 0 Å². The second-order valence-electron chi connectivity index (χ2n) is 12.3. The van der Waals surface area contributed by atoms with Crippen molar-refractivity contribution in [1.82, 2.24) is 10.2 Å². The van der Waals surface area contributed by atoms with Crippen LogP contribution in [0, 0.1) is 13.8 Å². The summed E-state index contributed by atoms with van der Waals surface area (Å²) < 4.78 is 29.5. The zero-order chi connectivity index (χ0) is 33.6. The Labute approximate surface area is 282 Å². The van der Waals surface area contributed by atoms with E-state index in [0.29, 0.717) is 26.9 Å². The number of hydrogen-bond donors (Lipinski definition) is 1. The highest BCUT2D eigenvalue weighted by Crippen LogP contribution is 2.29. The fourth-order valence-electron chi connectivity index (χ4n) is 5.16. The van der Waals surface area contributed by atoms with Crippen LogP contribution in [0.5, 0.6) is 0 Å². The molecule has 0 heterocycles. The number of benzene rings is 4. The van der Waals surface area contributed by atoms with Crippen LogP contribution in [0.15, 0.2) is 102 Å². The summed E-state index contributed by atoms with van der Waals surface area (Å²) in [6.45, 7) is 8.76. The topological polar surface area (TPSA) is 86.8 Å². The van der Waals surface area contributed by atoms with Crippen molar-refractivity contribution in [2.45, 2.75) is 64.1 Å². The zero-order valence-electron chi connectivity index (χ0n) is 26.6. The van der Waals surface area contributed by atoms with Gasteiger partial charge in [-0.2, -0.15) is 0 Å². The molecule has 4 aromatic rings. The lowest BCUT2D eigenvalue weighted by molar-refractivity contribution is -0.140. The first-order chi connectivity index (χ1) is 21.7. The fraction of sp³-hybridized carbons (Fsp3) is 0.278. The molecule has 1 unspecified atom stereocenters. The normalized spacial score (nSPS) is 12.3. The minimum absolute atomic E-state index is 0.0170. The molecule has 0 aromatic heterocycles. The maximum atomic E-state index is 14.6. The molecule has 242 valence electrons. The number of nitrogens with one attached hydrogen (secondary N) is 1. The van der Waals surface area contributed by atoms with Crippen LogP contribution in [0.2, 0.25) is 10.0 Å². The molecule has 0 aliphatic rings. The first-order valence-electron chi connectivity index (χ1n) is 14.9. The molecule has 10 heteroatoms. The van der Waals surface area contributed by atoms with E-state index in [-0.39, 0.29) is 23.8 Å². The van der Waals surface area contributed by atoms with Crippen LogP contribution in [0.25, 0.3) is 0 Å². The Bertz CT molecular complexity index is 1790. The number of carbonyl (C=O) groups is 2. The quantitative estimate of drug-likeness (QED) is 0.179. The van der Waals surface area contributed by atoms with E-state index in [0.717, 1.165) is 15.4 Å². The lowest BCUT2D eigenvalue weighted by Crippen LogP contribution is -2.56. The molecule has 0 saturated carbocycles. The second-order valence-corrected chi connectivity index (χ2v) is 15.0. The maximum absolute atomic E-state index is 14.6. The first kappa shape index (κ1) is 35.0. The van der Waals surface area contributed by atoms with Crippen LogP contribution < -0.4 is 9.62 Å². The van der Waals surface area contributed by atoms with Gasteiger partial charge in [0.2, 0.25) is 11.8 Å². The Hall–Kier alpha value is -3.85. The van der Waals surface area contributed by atoms with Gasteiger partial charge in [0, 0.05) is 18.5 Å². The van der Waals surface area contributed by atoms with Crippen LogP contribution in [0.3, 0.4) is 0 Å². The number of hydrogen-bond acceptors (Lipinski definition) is 4. The van der Waals surface area contributed by atoms with Crippen LogP contribution >= 0.6 is 23.2 Å². The molecule has 46 heavy (non-hydrogen) atoms. The number of amides is 2. The van der Waals surface area contributed by atoms with Crippen LogP contribution in [0.1, 0.15) is 43.0 Å². The monoisotopic (exact) mass is 679 g/mol. The Balaban J connectivity index is 1.85. The van der Waals surface area contributed by atoms with Gasteiger partial charge < -0.3 is 10.2 Å². The van der Waals surface area contributed by atoms with Gasteiger partial charge in [-0.25, -0.2) is 8.42 Å². The molecule has 0 saturated heterocycles. The summed E-state index contributed by atoms with van der Waals surface area (Å²) in [5.41, 5.74) is 2.89. The summed E-state index contributed by atoms with van der Waals surface area (Å²) in [5.74, 6) is -0.927. The summed E-state index contributed by atoms with van der Waals surface area (Å²) >= 11 is 12.5. The highest BCUT2D eigenvalue weighted by atomic mass is 35.5. The smallest absolute Gasteiger partial charge is 0.264 e. The van der Waals surface area contributed by atoms with Crippen molar-refractivity contribution in [2.75, 3.05) is 10.8 Å². The highest BCUT2D eigenvalue weighted by molar-refractivity contribution is 7.92. The molecular formula is C36H39Cl2N3O4S. The minimum atomic E-state index is -4.19.